The van der Waals surface area contributed by atoms with E-state index in [2.05, 4.69) is 0 Å². The highest BCUT2D eigenvalue weighted by Gasteiger charge is 2.09. The highest BCUT2D eigenvalue weighted by molar-refractivity contribution is 4.59. The second-order valence-corrected chi connectivity index (χ2v) is 4.25. The van der Waals surface area contributed by atoms with E-state index < -0.39 is 0 Å². The molecule has 0 radical (unpaired) electrons. The second kappa shape index (κ2) is 7.17. The molecule has 0 fully saturated rings. The summed E-state index contributed by atoms with van der Waals surface area (Å²) in [6.07, 6.45) is 0. The number of hydrogen-bond acceptors (Lipinski definition) is 4. The molecule has 0 saturated carbocycles. The van der Waals surface area contributed by atoms with Crippen LogP contribution in [0.3, 0.4) is 0 Å². The first-order valence-corrected chi connectivity index (χ1v) is 4.92. The van der Waals surface area contributed by atoms with Crippen LogP contribution in [0.2, 0.25) is 0 Å². The fourth-order valence-electron chi connectivity index (χ4n) is 0.904. The molecule has 0 aliphatic carbocycles. The summed E-state index contributed by atoms with van der Waals surface area (Å²) in [5.41, 5.74) is 5.56. The van der Waals surface area contributed by atoms with Crippen molar-refractivity contribution in [2.24, 2.45) is 5.73 Å². The van der Waals surface area contributed by atoms with Crippen molar-refractivity contribution in [2.45, 2.75) is 32.4 Å². The molecule has 0 bridgehead atoms. The summed E-state index contributed by atoms with van der Waals surface area (Å²) in [7, 11) is 1.63. The Morgan fingerprint density at radius 1 is 1.14 bits per heavy atom. The van der Waals surface area contributed by atoms with Crippen molar-refractivity contribution in [3.63, 3.8) is 0 Å². The highest BCUT2D eigenvalue weighted by Crippen LogP contribution is 2.05. The zero-order valence-corrected chi connectivity index (χ0v) is 9.71. The van der Waals surface area contributed by atoms with E-state index in [1.165, 1.54) is 0 Å². The summed E-state index contributed by atoms with van der Waals surface area (Å²) < 4.78 is 15.7. The van der Waals surface area contributed by atoms with Crippen molar-refractivity contribution in [1.82, 2.24) is 0 Å². The minimum atomic E-state index is -0.0992. The standard InChI is InChI=1S/C10H23NO3/c1-10(2,3)14-6-5-13-8-9(11)7-12-4/h9H,5-8,11H2,1-4H3. The van der Waals surface area contributed by atoms with E-state index in [4.69, 9.17) is 19.9 Å². The first-order valence-electron chi connectivity index (χ1n) is 4.92. The van der Waals surface area contributed by atoms with Gasteiger partial charge in [-0.05, 0) is 20.8 Å². The maximum Gasteiger partial charge on any atom is 0.0707 e. The molecular formula is C10H23NO3. The molecule has 0 spiro atoms. The van der Waals surface area contributed by atoms with E-state index >= 15 is 0 Å². The second-order valence-electron chi connectivity index (χ2n) is 4.25. The molecule has 1 unspecified atom stereocenters. The molecule has 4 nitrogen and oxygen atoms in total. The zero-order valence-electron chi connectivity index (χ0n) is 9.71. The normalized spacial score (nSPS) is 14.4. The molecule has 0 aromatic carbocycles. The van der Waals surface area contributed by atoms with Crippen LogP contribution in [-0.4, -0.2) is 45.2 Å². The van der Waals surface area contributed by atoms with Gasteiger partial charge in [-0.3, -0.25) is 0 Å². The smallest absolute Gasteiger partial charge is 0.0707 e. The lowest BCUT2D eigenvalue weighted by Crippen LogP contribution is -2.32. The lowest BCUT2D eigenvalue weighted by Gasteiger charge is -2.19. The Hall–Kier alpha value is -0.160. The van der Waals surface area contributed by atoms with Gasteiger partial charge in [0.2, 0.25) is 0 Å². The van der Waals surface area contributed by atoms with Crippen LogP contribution in [0.25, 0.3) is 0 Å². The van der Waals surface area contributed by atoms with Gasteiger partial charge in [0, 0.05) is 7.11 Å². The summed E-state index contributed by atoms with van der Waals surface area (Å²) in [5.74, 6) is 0. The van der Waals surface area contributed by atoms with E-state index in [-0.39, 0.29) is 11.6 Å². The van der Waals surface area contributed by atoms with Crippen molar-refractivity contribution in [1.29, 1.82) is 0 Å². The molecule has 0 aromatic rings. The zero-order chi connectivity index (χ0) is 11.0. The lowest BCUT2D eigenvalue weighted by molar-refractivity contribution is -0.0381. The van der Waals surface area contributed by atoms with E-state index in [1.807, 2.05) is 20.8 Å². The van der Waals surface area contributed by atoms with Crippen LogP contribution in [0.1, 0.15) is 20.8 Å². The Balaban J connectivity index is 3.21. The van der Waals surface area contributed by atoms with Gasteiger partial charge >= 0.3 is 0 Å². The quantitative estimate of drug-likeness (QED) is 0.624. The largest absolute Gasteiger partial charge is 0.383 e. The van der Waals surface area contributed by atoms with E-state index in [0.717, 1.165) is 0 Å². The Kier molecular flexibility index (Phi) is 7.09. The van der Waals surface area contributed by atoms with Crippen molar-refractivity contribution < 1.29 is 14.2 Å². The Bertz CT molecular complexity index is 134. The average molecular weight is 205 g/mol. The molecule has 0 rings (SSSR count). The van der Waals surface area contributed by atoms with Crippen LogP contribution < -0.4 is 5.73 Å². The fourth-order valence-corrected chi connectivity index (χ4v) is 0.904. The van der Waals surface area contributed by atoms with Crippen LogP contribution >= 0.6 is 0 Å². The van der Waals surface area contributed by atoms with E-state index in [1.54, 1.807) is 7.11 Å². The van der Waals surface area contributed by atoms with E-state index in [9.17, 15) is 0 Å². The van der Waals surface area contributed by atoms with Gasteiger partial charge in [-0.2, -0.15) is 0 Å². The van der Waals surface area contributed by atoms with Crippen LogP contribution in [0.5, 0.6) is 0 Å². The molecule has 0 amide bonds. The number of methoxy groups -OCH3 is 1. The van der Waals surface area contributed by atoms with E-state index in [0.29, 0.717) is 26.4 Å². The predicted octanol–water partition coefficient (Wildman–Crippen LogP) is 0.792. The molecule has 4 heteroatoms. The monoisotopic (exact) mass is 205 g/mol. The molecule has 0 aliphatic heterocycles. The molecule has 0 aliphatic rings. The van der Waals surface area contributed by atoms with Crippen molar-refractivity contribution in [2.75, 3.05) is 33.5 Å². The van der Waals surface area contributed by atoms with Crippen LogP contribution in [0.4, 0.5) is 0 Å². The molecule has 0 saturated heterocycles. The van der Waals surface area contributed by atoms with Gasteiger partial charge in [-0.25, -0.2) is 0 Å². The number of rotatable bonds is 7. The Morgan fingerprint density at radius 2 is 1.79 bits per heavy atom. The minimum Gasteiger partial charge on any atom is -0.383 e. The third-order valence-corrected chi connectivity index (χ3v) is 1.48. The third kappa shape index (κ3) is 9.92. The van der Waals surface area contributed by atoms with Gasteiger partial charge in [-0.15, -0.1) is 0 Å². The fraction of sp³-hybridized carbons (Fsp3) is 1.00. The average Bonchev–Trinajstić information content (AvgIpc) is 2.02. The summed E-state index contributed by atoms with van der Waals surface area (Å²) in [4.78, 5) is 0. The van der Waals surface area contributed by atoms with Gasteiger partial charge < -0.3 is 19.9 Å². The molecule has 0 aromatic heterocycles. The maximum absolute atomic E-state index is 5.66. The van der Waals surface area contributed by atoms with Crippen LogP contribution in [0.15, 0.2) is 0 Å². The summed E-state index contributed by atoms with van der Waals surface area (Å²) in [6, 6.07) is -0.0466. The van der Waals surface area contributed by atoms with Crippen molar-refractivity contribution >= 4 is 0 Å². The SMILES string of the molecule is COCC(N)COCCOC(C)(C)C. The van der Waals surface area contributed by atoms with Crippen molar-refractivity contribution in [3.05, 3.63) is 0 Å². The van der Waals surface area contributed by atoms with Gasteiger partial charge in [0.15, 0.2) is 0 Å². The van der Waals surface area contributed by atoms with Gasteiger partial charge in [0.25, 0.3) is 0 Å². The van der Waals surface area contributed by atoms with Crippen molar-refractivity contribution in [3.8, 4) is 0 Å². The molecule has 14 heavy (non-hydrogen) atoms. The van der Waals surface area contributed by atoms with Crippen LogP contribution in [0, 0.1) is 0 Å². The number of nitrogens with two attached hydrogens (primary N) is 1. The maximum atomic E-state index is 5.66. The topological polar surface area (TPSA) is 53.7 Å². The lowest BCUT2D eigenvalue weighted by atomic mass is 10.2. The minimum absolute atomic E-state index is 0.0466. The molecular weight excluding hydrogens is 182 g/mol. The first-order chi connectivity index (χ1) is 6.45. The van der Waals surface area contributed by atoms with Gasteiger partial charge in [-0.1, -0.05) is 0 Å². The molecule has 0 heterocycles. The van der Waals surface area contributed by atoms with Gasteiger partial charge in [0.1, 0.15) is 0 Å². The summed E-state index contributed by atoms with van der Waals surface area (Å²) in [5, 5.41) is 0. The molecule has 2 N–H and O–H groups in total. The number of hydrogen-bond donors (Lipinski definition) is 1. The molecule has 1 atom stereocenters. The van der Waals surface area contributed by atoms with Crippen LogP contribution in [-0.2, 0) is 14.2 Å². The highest BCUT2D eigenvalue weighted by atomic mass is 16.5. The summed E-state index contributed by atoms with van der Waals surface area (Å²) >= 11 is 0. The summed E-state index contributed by atoms with van der Waals surface area (Å²) in [6.45, 7) is 8.27. The predicted molar refractivity (Wildman–Crippen MR) is 56.4 cm³/mol. The molecule has 86 valence electrons. The van der Waals surface area contributed by atoms with Gasteiger partial charge in [0.05, 0.1) is 38.1 Å². The third-order valence-electron chi connectivity index (χ3n) is 1.48. The Morgan fingerprint density at radius 3 is 2.29 bits per heavy atom. The Labute approximate surface area is 86.7 Å². The first kappa shape index (κ1) is 13.8. The number of ether oxygens (including phenoxy) is 3.